The number of piperidine rings is 1. The molecule has 0 radical (unpaired) electrons. The SMILES string of the molecule is CC1(C(=O)NC(=O)S)CCNCC1. The van der Waals surface area contributed by atoms with Crippen LogP contribution in [0.5, 0.6) is 0 Å². The van der Waals surface area contributed by atoms with E-state index in [0.717, 1.165) is 25.9 Å². The van der Waals surface area contributed by atoms with Crippen LogP contribution < -0.4 is 10.6 Å². The zero-order chi connectivity index (χ0) is 9.90. The van der Waals surface area contributed by atoms with Crippen LogP contribution in [0.15, 0.2) is 0 Å². The number of carbonyl (C=O) groups is 2. The number of hydrogen-bond donors (Lipinski definition) is 3. The third kappa shape index (κ3) is 2.70. The summed E-state index contributed by atoms with van der Waals surface area (Å²) in [5, 5.41) is 4.80. The molecule has 0 atom stereocenters. The third-order valence-corrected chi connectivity index (χ3v) is 2.59. The predicted molar refractivity (Wildman–Crippen MR) is 52.7 cm³/mol. The molecular formula is C8H14N2O2S. The van der Waals surface area contributed by atoms with Gasteiger partial charge in [-0.25, -0.2) is 0 Å². The molecule has 13 heavy (non-hydrogen) atoms. The summed E-state index contributed by atoms with van der Waals surface area (Å²) in [6, 6.07) is 0. The molecule has 1 fully saturated rings. The molecule has 1 heterocycles. The lowest BCUT2D eigenvalue weighted by atomic mass is 9.80. The molecule has 0 aromatic heterocycles. The van der Waals surface area contributed by atoms with Crippen LogP contribution in [0.25, 0.3) is 0 Å². The summed E-state index contributed by atoms with van der Waals surface area (Å²) in [6.45, 7) is 3.52. The van der Waals surface area contributed by atoms with Gasteiger partial charge in [0.1, 0.15) is 0 Å². The number of rotatable bonds is 1. The number of amides is 2. The lowest BCUT2D eigenvalue weighted by Crippen LogP contribution is -2.46. The van der Waals surface area contributed by atoms with Gasteiger partial charge in [-0.3, -0.25) is 14.9 Å². The molecule has 0 bridgehead atoms. The van der Waals surface area contributed by atoms with Crippen LogP contribution in [0, 0.1) is 5.41 Å². The molecule has 0 aromatic carbocycles. The van der Waals surface area contributed by atoms with E-state index < -0.39 is 10.7 Å². The van der Waals surface area contributed by atoms with E-state index in [1.54, 1.807) is 0 Å². The van der Waals surface area contributed by atoms with Crippen molar-refractivity contribution in [3.05, 3.63) is 0 Å². The Morgan fingerprint density at radius 2 is 1.92 bits per heavy atom. The highest BCUT2D eigenvalue weighted by molar-refractivity contribution is 7.96. The summed E-state index contributed by atoms with van der Waals surface area (Å²) < 4.78 is 0. The van der Waals surface area contributed by atoms with Crippen LogP contribution in [-0.2, 0) is 4.79 Å². The van der Waals surface area contributed by atoms with Gasteiger partial charge < -0.3 is 5.32 Å². The fourth-order valence-electron chi connectivity index (χ4n) is 1.45. The van der Waals surface area contributed by atoms with Gasteiger partial charge in [0, 0.05) is 5.41 Å². The zero-order valence-electron chi connectivity index (χ0n) is 7.59. The monoisotopic (exact) mass is 202 g/mol. The Labute approximate surface area is 82.9 Å². The van der Waals surface area contributed by atoms with Gasteiger partial charge in [-0.2, -0.15) is 0 Å². The summed E-state index contributed by atoms with van der Waals surface area (Å²) in [7, 11) is 0. The molecule has 4 nitrogen and oxygen atoms in total. The summed E-state index contributed by atoms with van der Waals surface area (Å²) in [5.41, 5.74) is -0.413. The zero-order valence-corrected chi connectivity index (χ0v) is 8.49. The minimum absolute atomic E-state index is 0.214. The largest absolute Gasteiger partial charge is 0.317 e. The Bertz CT molecular complexity index is 224. The van der Waals surface area contributed by atoms with Crippen molar-refractivity contribution in [2.24, 2.45) is 5.41 Å². The second kappa shape index (κ2) is 4.11. The minimum Gasteiger partial charge on any atom is -0.317 e. The van der Waals surface area contributed by atoms with Crippen LogP contribution in [0.3, 0.4) is 0 Å². The summed E-state index contributed by atoms with van der Waals surface area (Å²) in [4.78, 5) is 22.1. The van der Waals surface area contributed by atoms with E-state index in [9.17, 15) is 9.59 Å². The van der Waals surface area contributed by atoms with E-state index in [1.807, 2.05) is 6.92 Å². The van der Waals surface area contributed by atoms with Crippen molar-refractivity contribution >= 4 is 23.8 Å². The first-order valence-corrected chi connectivity index (χ1v) is 4.74. The summed E-state index contributed by atoms with van der Waals surface area (Å²) >= 11 is 3.51. The summed E-state index contributed by atoms with van der Waals surface area (Å²) in [5.74, 6) is -0.214. The minimum atomic E-state index is -0.579. The maximum atomic E-state index is 11.5. The van der Waals surface area contributed by atoms with Crippen molar-refractivity contribution in [3.63, 3.8) is 0 Å². The molecule has 0 spiro atoms. The molecule has 0 saturated carbocycles. The highest BCUT2D eigenvalue weighted by atomic mass is 32.1. The van der Waals surface area contributed by atoms with E-state index in [1.165, 1.54) is 0 Å². The lowest BCUT2D eigenvalue weighted by molar-refractivity contribution is -0.130. The van der Waals surface area contributed by atoms with Gasteiger partial charge in [0.25, 0.3) is 5.24 Å². The predicted octanol–water partition coefficient (Wildman–Crippen LogP) is 0.542. The molecule has 1 aliphatic heterocycles. The van der Waals surface area contributed by atoms with Crippen molar-refractivity contribution in [2.45, 2.75) is 19.8 Å². The number of thiol groups is 1. The van der Waals surface area contributed by atoms with Gasteiger partial charge in [0.15, 0.2) is 0 Å². The molecule has 1 aliphatic rings. The first-order chi connectivity index (χ1) is 6.04. The van der Waals surface area contributed by atoms with E-state index in [-0.39, 0.29) is 5.91 Å². The summed E-state index contributed by atoms with van der Waals surface area (Å²) in [6.07, 6.45) is 1.53. The van der Waals surface area contributed by atoms with Gasteiger partial charge in [-0.1, -0.05) is 19.6 Å². The quantitative estimate of drug-likeness (QED) is 0.544. The van der Waals surface area contributed by atoms with Gasteiger partial charge in [-0.05, 0) is 25.9 Å². The molecule has 5 heteroatoms. The maximum Gasteiger partial charge on any atom is 0.282 e. The highest BCUT2D eigenvalue weighted by Crippen LogP contribution is 2.27. The molecular weight excluding hydrogens is 188 g/mol. The normalized spacial score (nSPS) is 20.8. The van der Waals surface area contributed by atoms with Crippen LogP contribution >= 0.6 is 12.6 Å². The fourth-order valence-corrected chi connectivity index (χ4v) is 1.56. The number of nitrogens with one attached hydrogen (secondary N) is 2. The number of carbonyl (C=O) groups excluding carboxylic acids is 2. The Morgan fingerprint density at radius 3 is 2.38 bits per heavy atom. The average Bonchev–Trinajstić information content (AvgIpc) is 2.04. The highest BCUT2D eigenvalue weighted by Gasteiger charge is 2.34. The fraction of sp³-hybridized carbons (Fsp3) is 0.750. The van der Waals surface area contributed by atoms with E-state index >= 15 is 0 Å². The van der Waals surface area contributed by atoms with Crippen molar-refractivity contribution in [1.29, 1.82) is 0 Å². The van der Waals surface area contributed by atoms with Gasteiger partial charge in [0.2, 0.25) is 5.91 Å². The van der Waals surface area contributed by atoms with Crippen LogP contribution in [0.4, 0.5) is 4.79 Å². The Kier molecular flexibility index (Phi) is 3.33. The van der Waals surface area contributed by atoms with E-state index in [2.05, 4.69) is 23.3 Å². The van der Waals surface area contributed by atoms with Gasteiger partial charge >= 0.3 is 0 Å². The van der Waals surface area contributed by atoms with Crippen molar-refractivity contribution in [1.82, 2.24) is 10.6 Å². The Morgan fingerprint density at radius 1 is 1.38 bits per heavy atom. The molecule has 2 N–H and O–H groups in total. The molecule has 1 saturated heterocycles. The average molecular weight is 202 g/mol. The smallest absolute Gasteiger partial charge is 0.282 e. The molecule has 0 unspecified atom stereocenters. The van der Waals surface area contributed by atoms with E-state index in [0.29, 0.717) is 0 Å². The third-order valence-electron chi connectivity index (χ3n) is 2.48. The second-order valence-electron chi connectivity index (χ2n) is 3.57. The molecule has 0 aliphatic carbocycles. The lowest BCUT2D eigenvalue weighted by Gasteiger charge is -2.31. The first kappa shape index (κ1) is 10.5. The maximum absolute atomic E-state index is 11.5. The van der Waals surface area contributed by atoms with Gasteiger partial charge in [0.05, 0.1) is 0 Å². The van der Waals surface area contributed by atoms with Crippen molar-refractivity contribution in [2.75, 3.05) is 13.1 Å². The molecule has 74 valence electrons. The topological polar surface area (TPSA) is 58.2 Å². The number of imide groups is 1. The van der Waals surface area contributed by atoms with Crippen molar-refractivity contribution in [3.8, 4) is 0 Å². The Balaban J connectivity index is 2.56. The molecule has 2 amide bonds. The molecule has 0 aromatic rings. The Hall–Kier alpha value is -0.550. The first-order valence-electron chi connectivity index (χ1n) is 4.30. The van der Waals surface area contributed by atoms with Crippen LogP contribution in [0.1, 0.15) is 19.8 Å². The van der Waals surface area contributed by atoms with Gasteiger partial charge in [-0.15, -0.1) is 0 Å². The van der Waals surface area contributed by atoms with Crippen LogP contribution in [-0.4, -0.2) is 24.2 Å². The van der Waals surface area contributed by atoms with Crippen LogP contribution in [0.2, 0.25) is 0 Å². The van der Waals surface area contributed by atoms with E-state index in [4.69, 9.17) is 0 Å². The standard InChI is InChI=1S/C8H14N2O2S/c1-8(2-4-9-5-3-8)6(11)10-7(12)13/h9H,2-5H2,1H3,(H2,10,11,12,13). The number of hydrogen-bond acceptors (Lipinski definition) is 3. The van der Waals surface area contributed by atoms with Crippen molar-refractivity contribution < 1.29 is 9.59 Å². The molecule has 1 rings (SSSR count). The second-order valence-corrected chi connectivity index (χ2v) is 3.98.